The van der Waals surface area contributed by atoms with Gasteiger partial charge in [0.25, 0.3) is 0 Å². The number of nitrogens with zero attached hydrogens (tertiary/aromatic N) is 2. The van der Waals surface area contributed by atoms with E-state index in [1.807, 2.05) is 50.2 Å². The van der Waals surface area contributed by atoms with Crippen molar-refractivity contribution >= 4 is 40.1 Å². The van der Waals surface area contributed by atoms with Crippen LogP contribution in [-0.4, -0.2) is 33.7 Å². The van der Waals surface area contributed by atoms with Crippen LogP contribution in [0.25, 0.3) is 0 Å². The lowest BCUT2D eigenvalue weighted by molar-refractivity contribution is -0.129. The number of aliphatic imine (C=N–C) groups is 1. The highest BCUT2D eigenvalue weighted by Crippen LogP contribution is 2.30. The molecule has 35 heavy (non-hydrogen) atoms. The molecule has 1 saturated heterocycles. The summed E-state index contributed by atoms with van der Waals surface area (Å²) in [5, 5.41) is 2.82. The van der Waals surface area contributed by atoms with E-state index in [2.05, 4.69) is 22.4 Å². The molecule has 7 heteroatoms. The summed E-state index contributed by atoms with van der Waals surface area (Å²) in [6.45, 7) is 4.43. The summed E-state index contributed by atoms with van der Waals surface area (Å²) in [5.74, 6) is -0.726. The monoisotopic (exact) mass is 489 g/mol. The first-order chi connectivity index (χ1) is 16.9. The number of amidine groups is 1. The van der Waals surface area contributed by atoms with E-state index in [1.165, 1.54) is 29.5 Å². The van der Waals surface area contributed by atoms with E-state index in [-0.39, 0.29) is 24.1 Å². The molecule has 4 rings (SSSR count). The molecule has 0 aromatic heterocycles. The van der Waals surface area contributed by atoms with E-state index in [1.54, 1.807) is 17.0 Å². The van der Waals surface area contributed by atoms with Crippen LogP contribution in [-0.2, 0) is 16.0 Å². The predicted molar refractivity (Wildman–Crippen MR) is 141 cm³/mol. The number of rotatable bonds is 7. The molecular weight excluding hydrogens is 461 g/mol. The van der Waals surface area contributed by atoms with Gasteiger partial charge in [0.05, 0.1) is 5.69 Å². The minimum atomic E-state index is -0.604. The van der Waals surface area contributed by atoms with E-state index in [4.69, 9.17) is 0 Å². The van der Waals surface area contributed by atoms with Crippen molar-refractivity contribution in [1.29, 1.82) is 0 Å². The quantitative estimate of drug-likeness (QED) is 0.440. The van der Waals surface area contributed by atoms with Crippen molar-refractivity contribution in [2.45, 2.75) is 38.4 Å². The highest BCUT2D eigenvalue weighted by Gasteiger charge is 2.35. The Morgan fingerprint density at radius 2 is 1.83 bits per heavy atom. The summed E-state index contributed by atoms with van der Waals surface area (Å²) in [7, 11) is 0. The largest absolute Gasteiger partial charge is 0.325 e. The first-order valence-corrected chi connectivity index (χ1v) is 12.5. The van der Waals surface area contributed by atoms with Gasteiger partial charge in [-0.15, -0.1) is 0 Å². The van der Waals surface area contributed by atoms with Crippen molar-refractivity contribution in [1.82, 2.24) is 4.90 Å². The molecule has 0 radical (unpaired) electrons. The maximum absolute atomic E-state index is 13.4. The molecule has 0 bridgehead atoms. The minimum Gasteiger partial charge on any atom is -0.325 e. The normalized spacial score (nSPS) is 17.0. The van der Waals surface area contributed by atoms with Crippen LogP contribution in [0.5, 0.6) is 0 Å². The number of carbonyl (C=O) groups excluding carboxylic acids is 2. The van der Waals surface area contributed by atoms with Crippen LogP contribution in [0.3, 0.4) is 0 Å². The van der Waals surface area contributed by atoms with Crippen LogP contribution in [0.1, 0.15) is 29.5 Å². The summed E-state index contributed by atoms with van der Waals surface area (Å²) < 4.78 is 13.4. The summed E-state index contributed by atoms with van der Waals surface area (Å²) >= 11 is 1.27. The second-order valence-corrected chi connectivity index (χ2v) is 9.79. The zero-order chi connectivity index (χ0) is 24.8. The highest BCUT2D eigenvalue weighted by molar-refractivity contribution is 8.15. The van der Waals surface area contributed by atoms with Crippen LogP contribution in [0.2, 0.25) is 0 Å². The molecular formula is C28H28FN3O2S. The van der Waals surface area contributed by atoms with Gasteiger partial charge in [0.15, 0.2) is 5.17 Å². The second kappa shape index (κ2) is 11.3. The number of amides is 2. The lowest BCUT2D eigenvalue weighted by Gasteiger charge is -2.32. The molecule has 0 spiro atoms. The van der Waals surface area contributed by atoms with Crippen LogP contribution in [0.15, 0.2) is 77.8 Å². The SMILES string of the molecule is Cc1ccc(NC(=O)C2CC(=O)N(CCCc3ccccc3)C(=Nc3ccc(F)cc3)S2)c(C)c1. The van der Waals surface area contributed by atoms with E-state index >= 15 is 0 Å². The van der Waals surface area contributed by atoms with Gasteiger partial charge in [-0.1, -0.05) is 59.8 Å². The maximum Gasteiger partial charge on any atom is 0.238 e. The van der Waals surface area contributed by atoms with Crippen molar-refractivity contribution < 1.29 is 14.0 Å². The highest BCUT2D eigenvalue weighted by atomic mass is 32.2. The fraction of sp³-hybridized carbons (Fsp3) is 0.250. The zero-order valence-electron chi connectivity index (χ0n) is 19.8. The van der Waals surface area contributed by atoms with Gasteiger partial charge < -0.3 is 5.32 Å². The van der Waals surface area contributed by atoms with Gasteiger partial charge in [-0.05, 0) is 68.1 Å². The van der Waals surface area contributed by atoms with Gasteiger partial charge in [0.1, 0.15) is 11.1 Å². The number of aryl methyl sites for hydroxylation is 3. The Balaban J connectivity index is 1.51. The maximum atomic E-state index is 13.4. The average Bonchev–Trinajstić information content (AvgIpc) is 2.84. The third kappa shape index (κ3) is 6.57. The molecule has 3 aromatic rings. The van der Waals surface area contributed by atoms with E-state index in [9.17, 15) is 14.0 Å². The average molecular weight is 490 g/mol. The van der Waals surface area contributed by atoms with Crippen LogP contribution in [0.4, 0.5) is 15.8 Å². The molecule has 2 amide bonds. The topological polar surface area (TPSA) is 61.8 Å². The van der Waals surface area contributed by atoms with E-state index < -0.39 is 5.25 Å². The lowest BCUT2D eigenvalue weighted by Crippen LogP contribution is -2.45. The molecule has 1 aliphatic rings. The Hall–Kier alpha value is -3.45. The number of nitrogens with one attached hydrogen (secondary N) is 1. The van der Waals surface area contributed by atoms with Gasteiger partial charge >= 0.3 is 0 Å². The predicted octanol–water partition coefficient (Wildman–Crippen LogP) is 6.04. The Kier molecular flexibility index (Phi) is 7.98. The van der Waals surface area contributed by atoms with Gasteiger partial charge in [0.2, 0.25) is 11.8 Å². The number of halogens is 1. The Bertz CT molecular complexity index is 1230. The molecule has 1 aliphatic heterocycles. The van der Waals surface area contributed by atoms with Gasteiger partial charge in [-0.2, -0.15) is 0 Å². The number of anilines is 1. The molecule has 3 aromatic carbocycles. The number of hydrogen-bond acceptors (Lipinski definition) is 4. The number of benzene rings is 3. The van der Waals surface area contributed by atoms with Gasteiger partial charge in [-0.3, -0.25) is 14.5 Å². The molecule has 1 atom stereocenters. The second-order valence-electron chi connectivity index (χ2n) is 8.62. The molecule has 1 fully saturated rings. The third-order valence-corrected chi connectivity index (χ3v) is 7.00. The molecule has 1 N–H and O–H groups in total. The molecule has 0 aliphatic carbocycles. The fourth-order valence-corrected chi connectivity index (χ4v) is 5.07. The molecule has 1 unspecified atom stereocenters. The van der Waals surface area contributed by atoms with Crippen molar-refractivity contribution in [3.05, 3.63) is 95.3 Å². The van der Waals surface area contributed by atoms with E-state index in [0.717, 1.165) is 29.7 Å². The first kappa shape index (κ1) is 24.7. The van der Waals surface area contributed by atoms with Crippen molar-refractivity contribution in [2.24, 2.45) is 4.99 Å². The minimum absolute atomic E-state index is 0.0924. The molecule has 180 valence electrons. The number of hydrogen-bond donors (Lipinski definition) is 1. The van der Waals surface area contributed by atoms with Crippen LogP contribution >= 0.6 is 11.8 Å². The van der Waals surface area contributed by atoms with Crippen molar-refractivity contribution in [2.75, 3.05) is 11.9 Å². The third-order valence-electron chi connectivity index (χ3n) is 5.81. The van der Waals surface area contributed by atoms with Crippen LogP contribution < -0.4 is 5.32 Å². The fourth-order valence-electron chi connectivity index (χ4n) is 3.94. The summed E-state index contributed by atoms with van der Waals surface area (Å²) in [5.41, 5.74) is 4.55. The molecule has 1 heterocycles. The molecule has 0 saturated carbocycles. The Morgan fingerprint density at radius 1 is 1.09 bits per heavy atom. The first-order valence-electron chi connectivity index (χ1n) is 11.6. The van der Waals surface area contributed by atoms with Crippen molar-refractivity contribution in [3.8, 4) is 0 Å². The lowest BCUT2D eigenvalue weighted by atomic mass is 10.1. The molecule has 5 nitrogen and oxygen atoms in total. The zero-order valence-corrected chi connectivity index (χ0v) is 20.6. The van der Waals surface area contributed by atoms with Crippen molar-refractivity contribution in [3.63, 3.8) is 0 Å². The Labute approximate surface area is 209 Å². The smallest absolute Gasteiger partial charge is 0.238 e. The van der Waals surface area contributed by atoms with Crippen LogP contribution in [0, 0.1) is 19.7 Å². The van der Waals surface area contributed by atoms with Gasteiger partial charge in [-0.25, -0.2) is 9.38 Å². The standard InChI is InChI=1S/C28H28FN3O2S/c1-19-10-15-24(20(2)17-19)31-27(34)25-18-26(33)32(16-6-9-21-7-4-3-5-8-21)28(35-25)30-23-13-11-22(29)12-14-23/h3-5,7-8,10-15,17,25H,6,9,16,18H2,1-2H3,(H,31,34). The summed E-state index contributed by atoms with van der Waals surface area (Å²) in [4.78, 5) is 32.5. The number of thioether (sulfide) groups is 1. The summed E-state index contributed by atoms with van der Waals surface area (Å²) in [6, 6.07) is 21.7. The number of carbonyl (C=O) groups is 2. The summed E-state index contributed by atoms with van der Waals surface area (Å²) in [6.07, 6.45) is 1.68. The van der Waals surface area contributed by atoms with Gasteiger partial charge in [0, 0.05) is 18.7 Å². The van der Waals surface area contributed by atoms with E-state index in [0.29, 0.717) is 17.4 Å². The Morgan fingerprint density at radius 3 is 2.54 bits per heavy atom.